The van der Waals surface area contributed by atoms with Gasteiger partial charge in [0.05, 0.1) is 0 Å². The Morgan fingerprint density at radius 3 is 1.83 bits per heavy atom. The number of hydrogen-bond acceptors (Lipinski definition) is 2. The minimum atomic E-state index is -0.621. The lowest BCUT2D eigenvalue weighted by Gasteiger charge is -2.03. The summed E-state index contributed by atoms with van der Waals surface area (Å²) in [5.41, 5.74) is 4.96. The van der Waals surface area contributed by atoms with E-state index in [9.17, 15) is 9.00 Å². The molecule has 0 aromatic heterocycles. The number of rotatable bonds is 12. The van der Waals surface area contributed by atoms with E-state index in [4.69, 9.17) is 5.73 Å². The molecule has 0 saturated carbocycles. The molecule has 0 aromatic rings. The lowest BCUT2D eigenvalue weighted by molar-refractivity contribution is 0.248. The van der Waals surface area contributed by atoms with Gasteiger partial charge >= 0.3 is 6.03 Å². The van der Waals surface area contributed by atoms with Crippen LogP contribution < -0.4 is 11.1 Å². The molecule has 1 atom stereocenters. The molecule has 0 aliphatic carbocycles. The van der Waals surface area contributed by atoms with Gasteiger partial charge in [-0.05, 0) is 12.8 Å². The molecule has 0 rings (SSSR count). The van der Waals surface area contributed by atoms with Crippen molar-refractivity contribution in [2.75, 3.05) is 18.6 Å². The first-order valence-electron chi connectivity index (χ1n) is 6.96. The number of carbonyl (C=O) groups is 1. The van der Waals surface area contributed by atoms with Crippen LogP contribution in [-0.4, -0.2) is 28.8 Å². The van der Waals surface area contributed by atoms with Crippen molar-refractivity contribution in [3.8, 4) is 0 Å². The molecule has 0 aromatic carbocycles. The number of urea groups is 1. The summed E-state index contributed by atoms with van der Waals surface area (Å²) in [5, 5.41) is 2.59. The third kappa shape index (κ3) is 15.4. The molecule has 3 N–H and O–H groups in total. The third-order valence-electron chi connectivity index (χ3n) is 2.91. The van der Waals surface area contributed by atoms with Crippen LogP contribution in [0.1, 0.15) is 57.8 Å². The Morgan fingerprint density at radius 2 is 1.39 bits per heavy atom. The van der Waals surface area contributed by atoms with Gasteiger partial charge < -0.3 is 11.1 Å². The SMILES string of the molecule is C[S@](=O)CCCCCCCCCCCNC(N)=O. The van der Waals surface area contributed by atoms with Crippen molar-refractivity contribution in [3.63, 3.8) is 0 Å². The highest BCUT2D eigenvalue weighted by Gasteiger charge is 1.95. The lowest BCUT2D eigenvalue weighted by atomic mass is 10.1. The summed E-state index contributed by atoms with van der Waals surface area (Å²) in [6.07, 6.45) is 12.6. The summed E-state index contributed by atoms with van der Waals surface area (Å²) in [4.78, 5) is 10.4. The van der Waals surface area contributed by atoms with Gasteiger partial charge in [0.1, 0.15) is 0 Å². The monoisotopic (exact) mass is 276 g/mol. The Balaban J connectivity index is 2.99. The zero-order valence-electron chi connectivity index (χ0n) is 11.6. The topological polar surface area (TPSA) is 72.2 Å². The maximum atomic E-state index is 10.8. The number of nitrogens with two attached hydrogens (primary N) is 1. The molecule has 108 valence electrons. The fourth-order valence-electron chi connectivity index (χ4n) is 1.88. The van der Waals surface area contributed by atoms with E-state index in [-0.39, 0.29) is 0 Å². The van der Waals surface area contributed by atoms with E-state index in [0.717, 1.165) is 25.0 Å². The van der Waals surface area contributed by atoms with E-state index in [2.05, 4.69) is 5.32 Å². The van der Waals surface area contributed by atoms with Crippen molar-refractivity contribution < 1.29 is 9.00 Å². The first-order valence-corrected chi connectivity index (χ1v) is 8.69. The quantitative estimate of drug-likeness (QED) is 0.538. The summed E-state index contributed by atoms with van der Waals surface area (Å²) >= 11 is 0. The van der Waals surface area contributed by atoms with Crippen LogP contribution in [0.15, 0.2) is 0 Å². The molecule has 18 heavy (non-hydrogen) atoms. The number of amides is 2. The molecule has 0 spiro atoms. The zero-order chi connectivity index (χ0) is 13.6. The van der Waals surface area contributed by atoms with Crippen LogP contribution in [0.25, 0.3) is 0 Å². The van der Waals surface area contributed by atoms with Gasteiger partial charge in [-0.3, -0.25) is 4.21 Å². The Morgan fingerprint density at radius 1 is 0.944 bits per heavy atom. The van der Waals surface area contributed by atoms with Gasteiger partial charge in [-0.25, -0.2) is 4.79 Å². The molecule has 0 bridgehead atoms. The molecule has 0 fully saturated rings. The first-order chi connectivity index (χ1) is 8.63. The number of nitrogens with one attached hydrogen (secondary N) is 1. The van der Waals surface area contributed by atoms with Crippen molar-refractivity contribution >= 4 is 16.8 Å². The van der Waals surface area contributed by atoms with Crippen LogP contribution in [0, 0.1) is 0 Å². The Bertz CT molecular complexity index is 211. The second kappa shape index (κ2) is 12.9. The molecule has 0 radical (unpaired) electrons. The van der Waals surface area contributed by atoms with Crippen LogP contribution in [0.2, 0.25) is 0 Å². The fourth-order valence-corrected chi connectivity index (χ4v) is 2.49. The van der Waals surface area contributed by atoms with Crippen LogP contribution in [0.4, 0.5) is 4.79 Å². The highest BCUT2D eigenvalue weighted by molar-refractivity contribution is 7.84. The van der Waals surface area contributed by atoms with Crippen molar-refractivity contribution in [2.45, 2.75) is 57.8 Å². The molecule has 0 saturated heterocycles. The standard InChI is InChI=1S/C13H28N2O2S/c1-18(17)12-10-8-6-4-2-3-5-7-9-11-15-13(14)16/h2-12H2,1H3,(H3,14,15,16)/t18-/m0/s1. The minimum Gasteiger partial charge on any atom is -0.352 e. The van der Waals surface area contributed by atoms with Gasteiger partial charge in [0.15, 0.2) is 0 Å². The van der Waals surface area contributed by atoms with Crippen molar-refractivity contribution in [2.24, 2.45) is 5.73 Å². The Kier molecular flexibility index (Phi) is 12.5. The summed E-state index contributed by atoms with van der Waals surface area (Å²) in [7, 11) is -0.621. The number of hydrogen-bond donors (Lipinski definition) is 2. The van der Waals surface area contributed by atoms with E-state index in [0.29, 0.717) is 6.54 Å². The maximum absolute atomic E-state index is 10.8. The molecule has 0 aliphatic rings. The van der Waals surface area contributed by atoms with Crippen LogP contribution in [0.3, 0.4) is 0 Å². The van der Waals surface area contributed by atoms with Crippen molar-refractivity contribution in [1.29, 1.82) is 0 Å². The molecule has 0 aliphatic heterocycles. The molecular weight excluding hydrogens is 248 g/mol. The van der Waals surface area contributed by atoms with Crippen molar-refractivity contribution in [1.82, 2.24) is 5.32 Å². The normalized spacial score (nSPS) is 12.3. The van der Waals surface area contributed by atoms with E-state index in [1.165, 1.54) is 38.5 Å². The van der Waals surface area contributed by atoms with Gasteiger partial charge in [-0.15, -0.1) is 0 Å². The van der Waals surface area contributed by atoms with E-state index in [1.807, 2.05) is 0 Å². The average Bonchev–Trinajstić information content (AvgIpc) is 2.29. The second-order valence-electron chi connectivity index (χ2n) is 4.75. The smallest absolute Gasteiger partial charge is 0.312 e. The first kappa shape index (κ1) is 17.4. The maximum Gasteiger partial charge on any atom is 0.312 e. The van der Waals surface area contributed by atoms with Gasteiger partial charge in [0.2, 0.25) is 0 Å². The summed E-state index contributed by atoms with van der Waals surface area (Å²) < 4.78 is 10.8. The third-order valence-corrected chi connectivity index (χ3v) is 3.77. The van der Waals surface area contributed by atoms with E-state index >= 15 is 0 Å². The molecule has 5 heteroatoms. The largest absolute Gasteiger partial charge is 0.352 e. The number of primary amides is 1. The summed E-state index contributed by atoms with van der Waals surface area (Å²) in [5.74, 6) is 0.854. The molecule has 0 heterocycles. The molecule has 4 nitrogen and oxygen atoms in total. The van der Waals surface area contributed by atoms with Gasteiger partial charge in [0, 0.05) is 29.4 Å². The highest BCUT2D eigenvalue weighted by atomic mass is 32.2. The predicted octanol–water partition coefficient (Wildman–Crippen LogP) is 2.54. The molecule has 2 amide bonds. The van der Waals surface area contributed by atoms with Crippen LogP contribution >= 0.6 is 0 Å². The fraction of sp³-hybridized carbons (Fsp3) is 0.923. The van der Waals surface area contributed by atoms with Gasteiger partial charge in [0.25, 0.3) is 0 Å². The van der Waals surface area contributed by atoms with Crippen LogP contribution in [-0.2, 0) is 10.8 Å². The minimum absolute atomic E-state index is 0.428. The predicted molar refractivity (Wildman–Crippen MR) is 78.1 cm³/mol. The van der Waals surface area contributed by atoms with Crippen molar-refractivity contribution in [3.05, 3.63) is 0 Å². The zero-order valence-corrected chi connectivity index (χ0v) is 12.4. The highest BCUT2D eigenvalue weighted by Crippen LogP contribution is 2.09. The van der Waals surface area contributed by atoms with E-state index in [1.54, 1.807) is 6.26 Å². The Labute approximate surface area is 114 Å². The molecular formula is C13H28N2O2S. The lowest BCUT2D eigenvalue weighted by Crippen LogP contribution is -2.29. The summed E-state index contributed by atoms with van der Waals surface area (Å²) in [6.45, 7) is 0.698. The molecule has 0 unspecified atom stereocenters. The van der Waals surface area contributed by atoms with E-state index < -0.39 is 16.8 Å². The van der Waals surface area contributed by atoms with Gasteiger partial charge in [-0.1, -0.05) is 44.9 Å². The van der Waals surface area contributed by atoms with Gasteiger partial charge in [-0.2, -0.15) is 0 Å². The Hall–Kier alpha value is -0.580. The second-order valence-corrected chi connectivity index (χ2v) is 6.30. The number of carbonyl (C=O) groups excluding carboxylic acids is 1. The van der Waals surface area contributed by atoms with Crippen LogP contribution in [0.5, 0.6) is 0 Å². The number of unbranched alkanes of at least 4 members (excludes halogenated alkanes) is 8. The summed E-state index contributed by atoms with van der Waals surface area (Å²) in [6, 6.07) is -0.428. The average molecular weight is 276 g/mol.